The maximum Gasteiger partial charge on any atom is 0.242 e. The molecule has 0 bridgehead atoms. The molecular formula is C22H24N2O3S. The molecule has 0 amide bonds. The lowest BCUT2D eigenvalue weighted by molar-refractivity contribution is 0.0380. The summed E-state index contributed by atoms with van der Waals surface area (Å²) in [5.41, 5.74) is 0.987. The molecule has 6 heteroatoms. The number of aliphatic hydroxyl groups is 1. The highest BCUT2D eigenvalue weighted by molar-refractivity contribution is 7.89. The Kier molecular flexibility index (Phi) is 5.65. The summed E-state index contributed by atoms with van der Waals surface area (Å²) in [6, 6.07) is 21.7. The number of nitrogens with zero attached hydrogens (tertiary/aromatic N) is 2. The number of hydrogen-bond donors (Lipinski definition) is 1. The zero-order chi connectivity index (χ0) is 20.4. The van der Waals surface area contributed by atoms with Crippen LogP contribution in [0.5, 0.6) is 0 Å². The summed E-state index contributed by atoms with van der Waals surface area (Å²) in [7, 11) is -0.540. The molecule has 0 radical (unpaired) electrons. The predicted octanol–water partition coefficient (Wildman–Crippen LogP) is 3.37. The third-order valence-corrected chi connectivity index (χ3v) is 6.73. The lowest BCUT2D eigenvalue weighted by Crippen LogP contribution is -2.31. The van der Waals surface area contributed by atoms with E-state index in [0.29, 0.717) is 5.56 Å². The Morgan fingerprint density at radius 2 is 1.54 bits per heavy atom. The second-order valence-corrected chi connectivity index (χ2v) is 9.21. The van der Waals surface area contributed by atoms with Crippen molar-refractivity contribution < 1.29 is 13.5 Å². The smallest absolute Gasteiger partial charge is 0.242 e. The maximum atomic E-state index is 12.3. The van der Waals surface area contributed by atoms with Gasteiger partial charge in [-0.2, -0.15) is 0 Å². The van der Waals surface area contributed by atoms with Crippen molar-refractivity contribution in [3.05, 3.63) is 95.8 Å². The van der Waals surface area contributed by atoms with Gasteiger partial charge in [0.1, 0.15) is 0 Å². The van der Waals surface area contributed by atoms with Crippen molar-refractivity contribution in [2.24, 2.45) is 0 Å². The number of rotatable bonds is 6. The van der Waals surface area contributed by atoms with E-state index in [-0.39, 0.29) is 4.90 Å². The summed E-state index contributed by atoms with van der Waals surface area (Å²) in [6.07, 6.45) is 1.70. The van der Waals surface area contributed by atoms with E-state index < -0.39 is 21.5 Å². The molecule has 0 saturated heterocycles. The summed E-state index contributed by atoms with van der Waals surface area (Å²) in [6.45, 7) is 1.73. The Hall–Kier alpha value is -2.54. The minimum Gasteiger partial charge on any atom is -0.384 e. The summed E-state index contributed by atoms with van der Waals surface area (Å²) in [5.74, 6) is -0.411. The normalized spacial score (nSPS) is 15.2. The van der Waals surface area contributed by atoms with E-state index in [9.17, 15) is 13.5 Å². The Morgan fingerprint density at radius 3 is 2.07 bits per heavy atom. The summed E-state index contributed by atoms with van der Waals surface area (Å²) in [4.78, 5) is 4.65. The zero-order valence-electron chi connectivity index (χ0n) is 16.1. The van der Waals surface area contributed by atoms with Gasteiger partial charge in [0.2, 0.25) is 10.0 Å². The van der Waals surface area contributed by atoms with Crippen molar-refractivity contribution in [2.75, 3.05) is 14.1 Å². The van der Waals surface area contributed by atoms with Gasteiger partial charge in [-0.15, -0.1) is 0 Å². The van der Waals surface area contributed by atoms with Crippen molar-refractivity contribution in [1.29, 1.82) is 0 Å². The molecule has 0 fully saturated rings. The average molecular weight is 397 g/mol. The van der Waals surface area contributed by atoms with Gasteiger partial charge in [-0.3, -0.25) is 4.98 Å². The average Bonchev–Trinajstić information content (AvgIpc) is 2.69. The van der Waals surface area contributed by atoms with Crippen LogP contribution >= 0.6 is 0 Å². The van der Waals surface area contributed by atoms with Gasteiger partial charge in [0.05, 0.1) is 22.1 Å². The van der Waals surface area contributed by atoms with Crippen molar-refractivity contribution >= 4 is 10.0 Å². The van der Waals surface area contributed by atoms with E-state index in [1.54, 1.807) is 25.3 Å². The molecule has 2 aromatic carbocycles. The topological polar surface area (TPSA) is 70.5 Å². The fourth-order valence-electron chi connectivity index (χ4n) is 3.32. The van der Waals surface area contributed by atoms with Crippen LogP contribution in [0.15, 0.2) is 83.9 Å². The second kappa shape index (κ2) is 7.83. The van der Waals surface area contributed by atoms with Gasteiger partial charge in [0.25, 0.3) is 0 Å². The van der Waals surface area contributed by atoms with Gasteiger partial charge in [-0.25, -0.2) is 12.7 Å². The molecule has 0 aliphatic carbocycles. The van der Waals surface area contributed by atoms with E-state index in [0.717, 1.165) is 11.3 Å². The third-order valence-electron chi connectivity index (χ3n) is 4.90. The van der Waals surface area contributed by atoms with Gasteiger partial charge >= 0.3 is 0 Å². The van der Waals surface area contributed by atoms with Crippen molar-refractivity contribution in [3.8, 4) is 0 Å². The molecule has 5 nitrogen and oxygen atoms in total. The molecule has 3 rings (SSSR count). The van der Waals surface area contributed by atoms with Gasteiger partial charge in [-0.1, -0.05) is 48.5 Å². The van der Waals surface area contributed by atoms with Crippen LogP contribution in [0.3, 0.4) is 0 Å². The summed E-state index contributed by atoms with van der Waals surface area (Å²) >= 11 is 0. The Morgan fingerprint density at radius 1 is 0.929 bits per heavy atom. The first-order chi connectivity index (χ1) is 13.2. The highest BCUT2D eigenvalue weighted by atomic mass is 32.2. The molecule has 1 aromatic heterocycles. The molecule has 28 heavy (non-hydrogen) atoms. The van der Waals surface area contributed by atoms with Crippen LogP contribution in [0, 0.1) is 0 Å². The molecule has 1 N–H and O–H groups in total. The molecule has 0 saturated carbocycles. The fraction of sp³-hybridized carbons (Fsp3) is 0.227. The standard InChI is InChI=1S/C22H24N2O3S/c1-22(25,18-12-14-19(15-13-18)28(26,27)24(2)3)21(17-9-5-4-6-10-17)20-11-7-8-16-23-20/h4-16,21,25H,1-3H3. The fourth-order valence-corrected chi connectivity index (χ4v) is 4.22. The molecule has 1 heterocycles. The molecular weight excluding hydrogens is 372 g/mol. The number of benzene rings is 2. The number of aromatic nitrogens is 1. The lowest BCUT2D eigenvalue weighted by Gasteiger charge is -2.33. The van der Waals surface area contributed by atoms with Crippen LogP contribution in [-0.4, -0.2) is 36.9 Å². The molecule has 3 aromatic rings. The van der Waals surface area contributed by atoms with E-state index in [1.165, 1.54) is 30.5 Å². The number of hydrogen-bond acceptors (Lipinski definition) is 4. The molecule has 2 unspecified atom stereocenters. The SMILES string of the molecule is CN(C)S(=O)(=O)c1ccc(C(C)(O)C(c2ccccc2)c2ccccn2)cc1. The van der Waals surface area contributed by atoms with E-state index in [4.69, 9.17) is 0 Å². The van der Waals surface area contributed by atoms with Crippen LogP contribution in [0.4, 0.5) is 0 Å². The largest absolute Gasteiger partial charge is 0.384 e. The zero-order valence-corrected chi connectivity index (χ0v) is 17.0. The highest BCUT2D eigenvalue weighted by Crippen LogP contribution is 2.41. The quantitative estimate of drug-likeness (QED) is 0.693. The lowest BCUT2D eigenvalue weighted by atomic mass is 9.76. The van der Waals surface area contributed by atoms with Crippen molar-refractivity contribution in [2.45, 2.75) is 23.3 Å². The Labute approximate surface area is 166 Å². The van der Waals surface area contributed by atoms with Crippen LogP contribution in [0.1, 0.15) is 29.7 Å². The van der Waals surface area contributed by atoms with Crippen LogP contribution in [0.2, 0.25) is 0 Å². The summed E-state index contributed by atoms with van der Waals surface area (Å²) in [5, 5.41) is 11.6. The minimum absolute atomic E-state index is 0.186. The van der Waals surface area contributed by atoms with Crippen molar-refractivity contribution in [1.82, 2.24) is 9.29 Å². The highest BCUT2D eigenvalue weighted by Gasteiger charge is 2.37. The molecule has 0 spiro atoms. The molecule has 2 atom stereocenters. The molecule has 0 aliphatic rings. The summed E-state index contributed by atoms with van der Waals surface area (Å²) < 4.78 is 25.8. The predicted molar refractivity (Wildman–Crippen MR) is 109 cm³/mol. The third kappa shape index (κ3) is 3.85. The van der Waals surface area contributed by atoms with Gasteiger partial charge < -0.3 is 5.11 Å². The van der Waals surface area contributed by atoms with Crippen molar-refractivity contribution in [3.63, 3.8) is 0 Å². The number of pyridine rings is 1. The number of sulfonamides is 1. The minimum atomic E-state index is -3.52. The second-order valence-electron chi connectivity index (χ2n) is 7.06. The van der Waals surface area contributed by atoms with Gasteiger partial charge in [0.15, 0.2) is 0 Å². The van der Waals surface area contributed by atoms with Crippen LogP contribution < -0.4 is 0 Å². The Bertz CT molecular complexity index is 977. The first-order valence-corrected chi connectivity index (χ1v) is 10.4. The maximum absolute atomic E-state index is 12.3. The molecule has 146 valence electrons. The van der Waals surface area contributed by atoms with E-state index in [1.807, 2.05) is 48.5 Å². The van der Waals surface area contributed by atoms with Crippen LogP contribution in [0.25, 0.3) is 0 Å². The Balaban J connectivity index is 2.07. The van der Waals surface area contributed by atoms with E-state index in [2.05, 4.69) is 4.98 Å². The first-order valence-electron chi connectivity index (χ1n) is 8.96. The van der Waals surface area contributed by atoms with Gasteiger partial charge in [-0.05, 0) is 42.3 Å². The monoisotopic (exact) mass is 396 g/mol. The van der Waals surface area contributed by atoms with Crippen LogP contribution in [-0.2, 0) is 15.6 Å². The first kappa shape index (κ1) is 20.2. The molecule has 0 aliphatic heterocycles. The van der Waals surface area contributed by atoms with Gasteiger partial charge in [0, 0.05) is 20.3 Å². The van der Waals surface area contributed by atoms with E-state index >= 15 is 0 Å².